The zero-order valence-electron chi connectivity index (χ0n) is 23.9. The van der Waals surface area contributed by atoms with Crippen LogP contribution in [0.25, 0.3) is 22.4 Å². The van der Waals surface area contributed by atoms with Gasteiger partial charge in [-0.15, -0.1) is 0 Å². The van der Waals surface area contributed by atoms with E-state index in [1.165, 1.54) is 61.2 Å². The molecule has 0 aliphatic carbocycles. The minimum Gasteiger partial charge on any atom is -0.297 e. The van der Waals surface area contributed by atoms with Crippen LogP contribution in [0, 0.1) is 41.5 Å². The molecule has 5 rings (SSSR count). The molecule has 1 aromatic heterocycles. The lowest BCUT2D eigenvalue weighted by atomic mass is 9.93. The van der Waals surface area contributed by atoms with Crippen molar-refractivity contribution in [2.75, 3.05) is 26.2 Å². The van der Waals surface area contributed by atoms with E-state index in [1.54, 1.807) is 0 Å². The van der Waals surface area contributed by atoms with Crippen LogP contribution < -0.4 is 0 Å². The first-order valence-corrected chi connectivity index (χ1v) is 13.9. The monoisotopic (exact) mass is 503 g/mol. The summed E-state index contributed by atoms with van der Waals surface area (Å²) in [5.41, 5.74) is 15.9. The molecule has 0 amide bonds. The lowest BCUT2D eigenvalue weighted by Crippen LogP contribution is -2.45. The van der Waals surface area contributed by atoms with Gasteiger partial charge in [-0.05, 0) is 121 Å². The Morgan fingerprint density at radius 1 is 0.605 bits per heavy atom. The molecule has 3 heteroatoms. The average Bonchev–Trinajstić information content (AvgIpc) is 2.91. The fourth-order valence-electron chi connectivity index (χ4n) is 5.65. The van der Waals surface area contributed by atoms with Crippen molar-refractivity contribution in [1.82, 2.24) is 14.8 Å². The summed E-state index contributed by atoms with van der Waals surface area (Å²) >= 11 is 0. The average molecular weight is 504 g/mol. The van der Waals surface area contributed by atoms with E-state index < -0.39 is 0 Å². The highest BCUT2D eigenvalue weighted by Crippen LogP contribution is 2.29. The summed E-state index contributed by atoms with van der Waals surface area (Å²) in [6.45, 7) is 19.6. The minimum absolute atomic E-state index is 0.978. The molecule has 3 nitrogen and oxygen atoms in total. The molecule has 2 heterocycles. The zero-order valence-corrected chi connectivity index (χ0v) is 23.9. The molecule has 1 aliphatic heterocycles. The molecule has 0 spiro atoms. The van der Waals surface area contributed by atoms with E-state index in [4.69, 9.17) is 4.98 Å². The van der Waals surface area contributed by atoms with Crippen LogP contribution in [0.4, 0.5) is 0 Å². The van der Waals surface area contributed by atoms with Crippen molar-refractivity contribution in [1.29, 1.82) is 0 Å². The molecule has 38 heavy (non-hydrogen) atoms. The first-order valence-electron chi connectivity index (χ1n) is 13.9. The van der Waals surface area contributed by atoms with Crippen LogP contribution >= 0.6 is 0 Å². The van der Waals surface area contributed by atoms with E-state index in [2.05, 4.69) is 112 Å². The maximum absolute atomic E-state index is 4.70. The largest absolute Gasteiger partial charge is 0.297 e. The number of aromatic nitrogens is 1. The highest BCUT2D eigenvalue weighted by atomic mass is 15.3. The quantitative estimate of drug-likeness (QED) is 0.270. The Balaban J connectivity index is 1.23. The van der Waals surface area contributed by atoms with Crippen LogP contribution in [0.2, 0.25) is 0 Å². The van der Waals surface area contributed by atoms with Gasteiger partial charge in [0.05, 0.1) is 5.69 Å². The number of piperazine rings is 1. The number of hydrogen-bond donors (Lipinski definition) is 0. The second kappa shape index (κ2) is 11.2. The summed E-state index contributed by atoms with van der Waals surface area (Å²) in [5.74, 6) is 0. The molecule has 0 radical (unpaired) electrons. The molecular formula is C35H41N3. The molecule has 196 valence electrons. The molecule has 0 N–H and O–H groups in total. The van der Waals surface area contributed by atoms with Crippen molar-refractivity contribution in [3.8, 4) is 22.4 Å². The maximum Gasteiger partial charge on any atom is 0.0705 e. The van der Waals surface area contributed by atoms with E-state index in [-0.39, 0.29) is 0 Å². The van der Waals surface area contributed by atoms with Gasteiger partial charge in [-0.2, -0.15) is 0 Å². The first kappa shape index (κ1) is 26.3. The maximum atomic E-state index is 4.70. The van der Waals surface area contributed by atoms with Crippen molar-refractivity contribution >= 4 is 0 Å². The predicted octanol–water partition coefficient (Wildman–Crippen LogP) is 7.58. The van der Waals surface area contributed by atoms with Crippen molar-refractivity contribution < 1.29 is 0 Å². The van der Waals surface area contributed by atoms with E-state index in [9.17, 15) is 0 Å². The number of benzene rings is 3. The molecule has 4 aromatic rings. The standard InChI is InChI=1S/C35H41N3/c1-24-17-32(18-25(2)28(24)5)34-10-8-7-9-31(34)23-38-15-13-37(14-16-38)22-30-11-12-36-35(21-30)33-19-26(3)29(6)27(4)20-33/h7-12,17-21H,13-16,22-23H2,1-6H3. The Labute approximate surface area is 229 Å². The lowest BCUT2D eigenvalue weighted by molar-refractivity contribution is 0.122. The molecule has 0 unspecified atom stereocenters. The van der Waals surface area contributed by atoms with Gasteiger partial charge in [0, 0.05) is 51.0 Å². The smallest absolute Gasteiger partial charge is 0.0705 e. The van der Waals surface area contributed by atoms with Crippen LogP contribution in [0.1, 0.15) is 44.5 Å². The molecule has 0 bridgehead atoms. The molecule has 1 fully saturated rings. The summed E-state index contributed by atoms with van der Waals surface area (Å²) in [4.78, 5) is 9.89. The lowest BCUT2D eigenvalue weighted by Gasteiger charge is -2.35. The van der Waals surface area contributed by atoms with Crippen molar-refractivity contribution in [3.05, 3.63) is 111 Å². The first-order chi connectivity index (χ1) is 18.3. The highest BCUT2D eigenvalue weighted by molar-refractivity contribution is 5.69. The Bertz CT molecular complexity index is 1400. The van der Waals surface area contributed by atoms with Gasteiger partial charge in [0.25, 0.3) is 0 Å². The molecule has 0 saturated carbocycles. The number of pyridine rings is 1. The summed E-state index contributed by atoms with van der Waals surface area (Å²) in [5, 5.41) is 0. The van der Waals surface area contributed by atoms with Crippen molar-refractivity contribution in [2.45, 2.75) is 54.6 Å². The second-order valence-electron chi connectivity index (χ2n) is 11.2. The normalized spacial score (nSPS) is 14.7. The zero-order chi connectivity index (χ0) is 26.8. The van der Waals surface area contributed by atoms with Crippen LogP contribution in [0.15, 0.2) is 66.9 Å². The van der Waals surface area contributed by atoms with Crippen molar-refractivity contribution in [2.24, 2.45) is 0 Å². The number of rotatable bonds is 6. The van der Waals surface area contributed by atoms with E-state index in [1.807, 2.05) is 6.20 Å². The molecular weight excluding hydrogens is 462 g/mol. The van der Waals surface area contributed by atoms with Gasteiger partial charge < -0.3 is 0 Å². The van der Waals surface area contributed by atoms with Crippen LogP contribution in [0.5, 0.6) is 0 Å². The third-order valence-corrected chi connectivity index (χ3v) is 8.57. The number of aryl methyl sites for hydroxylation is 4. The van der Waals surface area contributed by atoms with E-state index in [0.717, 1.165) is 45.0 Å². The Morgan fingerprint density at radius 3 is 1.74 bits per heavy atom. The SMILES string of the molecule is Cc1cc(-c2cc(CN3CCN(Cc4ccccc4-c4cc(C)c(C)c(C)c4)CC3)ccn2)cc(C)c1C. The third kappa shape index (κ3) is 5.75. The summed E-state index contributed by atoms with van der Waals surface area (Å²) < 4.78 is 0. The Hall–Kier alpha value is -3.27. The fraction of sp³-hybridized carbons (Fsp3) is 0.343. The topological polar surface area (TPSA) is 19.4 Å². The van der Waals surface area contributed by atoms with Crippen LogP contribution in [0.3, 0.4) is 0 Å². The van der Waals surface area contributed by atoms with Crippen molar-refractivity contribution in [3.63, 3.8) is 0 Å². The molecule has 0 atom stereocenters. The molecule has 1 aliphatic rings. The molecule has 1 saturated heterocycles. The summed E-state index contributed by atoms with van der Waals surface area (Å²) in [7, 11) is 0. The number of nitrogens with zero attached hydrogens (tertiary/aromatic N) is 3. The van der Waals surface area contributed by atoms with Gasteiger partial charge in [0.2, 0.25) is 0 Å². The van der Waals surface area contributed by atoms with Gasteiger partial charge in [-0.25, -0.2) is 0 Å². The van der Waals surface area contributed by atoms with Crippen LogP contribution in [-0.2, 0) is 13.1 Å². The minimum atomic E-state index is 0.978. The second-order valence-corrected chi connectivity index (χ2v) is 11.2. The van der Waals surface area contributed by atoms with E-state index >= 15 is 0 Å². The van der Waals surface area contributed by atoms with Crippen LogP contribution in [-0.4, -0.2) is 41.0 Å². The molecule has 3 aromatic carbocycles. The van der Waals surface area contributed by atoms with Gasteiger partial charge in [0.15, 0.2) is 0 Å². The number of hydrogen-bond acceptors (Lipinski definition) is 3. The summed E-state index contributed by atoms with van der Waals surface area (Å²) in [6, 6.07) is 22.6. The summed E-state index contributed by atoms with van der Waals surface area (Å²) in [6.07, 6.45) is 1.97. The predicted molar refractivity (Wildman–Crippen MR) is 161 cm³/mol. The Kier molecular flexibility index (Phi) is 7.78. The van der Waals surface area contributed by atoms with Gasteiger partial charge in [-0.1, -0.05) is 36.4 Å². The van der Waals surface area contributed by atoms with Gasteiger partial charge >= 0.3 is 0 Å². The fourth-order valence-corrected chi connectivity index (χ4v) is 5.65. The highest BCUT2D eigenvalue weighted by Gasteiger charge is 2.19. The Morgan fingerprint density at radius 2 is 1.13 bits per heavy atom. The van der Waals surface area contributed by atoms with Gasteiger partial charge in [0.1, 0.15) is 0 Å². The van der Waals surface area contributed by atoms with Gasteiger partial charge in [-0.3, -0.25) is 14.8 Å². The van der Waals surface area contributed by atoms with E-state index in [0.29, 0.717) is 0 Å². The third-order valence-electron chi connectivity index (χ3n) is 8.57.